The van der Waals surface area contributed by atoms with Gasteiger partial charge in [0.2, 0.25) is 5.91 Å². The van der Waals surface area contributed by atoms with Crippen LogP contribution in [0.15, 0.2) is 0 Å². The molecule has 6 nitrogen and oxygen atoms in total. The Morgan fingerprint density at radius 2 is 2.24 bits per heavy atom. The van der Waals surface area contributed by atoms with E-state index in [1.165, 1.54) is 0 Å². The van der Waals surface area contributed by atoms with Crippen molar-refractivity contribution in [3.8, 4) is 0 Å². The summed E-state index contributed by atoms with van der Waals surface area (Å²) in [5.74, 6) is 0.00222. The Balaban J connectivity index is 2.25. The highest BCUT2D eigenvalue weighted by atomic mass is 16.5. The summed E-state index contributed by atoms with van der Waals surface area (Å²) in [7, 11) is 1.59. The zero-order chi connectivity index (χ0) is 12.5. The van der Waals surface area contributed by atoms with E-state index in [4.69, 9.17) is 9.84 Å². The molecule has 1 aliphatic heterocycles. The van der Waals surface area contributed by atoms with E-state index in [-0.39, 0.29) is 18.6 Å². The van der Waals surface area contributed by atoms with E-state index in [2.05, 4.69) is 15.5 Å². The number of carbonyl (C=O) groups excluding carboxylic acids is 1. The second-order valence-corrected chi connectivity index (χ2v) is 4.26. The molecule has 0 aromatic heterocycles. The van der Waals surface area contributed by atoms with Crippen LogP contribution in [0.5, 0.6) is 0 Å². The summed E-state index contributed by atoms with van der Waals surface area (Å²) in [6.45, 7) is 4.60. The summed E-state index contributed by atoms with van der Waals surface area (Å²) in [6.07, 6.45) is 0.529. The van der Waals surface area contributed by atoms with Crippen LogP contribution in [0, 0.1) is 0 Å². The number of rotatable bonds is 7. The molecule has 1 saturated heterocycles. The molecule has 6 heteroatoms. The maximum absolute atomic E-state index is 11.8. The number of methoxy groups -OCH3 is 1. The predicted octanol–water partition coefficient (Wildman–Crippen LogP) is -1.59. The fraction of sp³-hybridized carbons (Fsp3) is 0.909. The van der Waals surface area contributed by atoms with Crippen LogP contribution in [0.2, 0.25) is 0 Å². The van der Waals surface area contributed by atoms with Crippen molar-refractivity contribution in [1.29, 1.82) is 0 Å². The predicted molar refractivity (Wildman–Crippen MR) is 64.8 cm³/mol. The molecule has 3 N–H and O–H groups in total. The van der Waals surface area contributed by atoms with Crippen molar-refractivity contribution >= 4 is 5.91 Å². The van der Waals surface area contributed by atoms with Crippen LogP contribution >= 0.6 is 0 Å². The topological polar surface area (TPSA) is 73.8 Å². The van der Waals surface area contributed by atoms with Crippen molar-refractivity contribution in [3.63, 3.8) is 0 Å². The van der Waals surface area contributed by atoms with Crippen molar-refractivity contribution in [2.75, 3.05) is 53.0 Å². The fourth-order valence-corrected chi connectivity index (χ4v) is 1.90. The Labute approximate surface area is 102 Å². The first kappa shape index (κ1) is 14.4. The molecule has 17 heavy (non-hydrogen) atoms. The summed E-state index contributed by atoms with van der Waals surface area (Å²) in [6, 6.07) is -0.0968. The highest BCUT2D eigenvalue weighted by Crippen LogP contribution is 1.95. The largest absolute Gasteiger partial charge is 0.396 e. The Hall–Kier alpha value is -0.690. The van der Waals surface area contributed by atoms with Gasteiger partial charge in [0.1, 0.15) is 0 Å². The summed E-state index contributed by atoms with van der Waals surface area (Å²) in [4.78, 5) is 13.9. The molecule has 100 valence electrons. The van der Waals surface area contributed by atoms with E-state index in [9.17, 15) is 4.79 Å². The van der Waals surface area contributed by atoms with Gasteiger partial charge in [0, 0.05) is 39.9 Å². The minimum absolute atomic E-state index is 0.00222. The van der Waals surface area contributed by atoms with E-state index in [0.29, 0.717) is 19.6 Å². The highest BCUT2D eigenvalue weighted by molar-refractivity contribution is 5.78. The SMILES string of the molecule is COCC(CCO)NC(=O)CN1CCNCC1. The van der Waals surface area contributed by atoms with Crippen LogP contribution in [0.25, 0.3) is 0 Å². The fourth-order valence-electron chi connectivity index (χ4n) is 1.90. The smallest absolute Gasteiger partial charge is 0.234 e. The van der Waals surface area contributed by atoms with Gasteiger partial charge in [-0.25, -0.2) is 0 Å². The van der Waals surface area contributed by atoms with Crippen molar-refractivity contribution in [3.05, 3.63) is 0 Å². The van der Waals surface area contributed by atoms with Gasteiger partial charge in [-0.3, -0.25) is 9.69 Å². The molecule has 1 amide bonds. The monoisotopic (exact) mass is 245 g/mol. The number of hydrogen-bond acceptors (Lipinski definition) is 5. The van der Waals surface area contributed by atoms with E-state index in [1.807, 2.05) is 0 Å². The molecule has 1 rings (SSSR count). The van der Waals surface area contributed by atoms with E-state index in [1.54, 1.807) is 7.11 Å². The molecule has 1 atom stereocenters. The van der Waals surface area contributed by atoms with Crippen LogP contribution < -0.4 is 10.6 Å². The first-order valence-corrected chi connectivity index (χ1v) is 6.08. The van der Waals surface area contributed by atoms with Gasteiger partial charge in [0.15, 0.2) is 0 Å². The molecule has 0 spiro atoms. The summed E-state index contributed by atoms with van der Waals surface area (Å²) in [5.41, 5.74) is 0. The summed E-state index contributed by atoms with van der Waals surface area (Å²) < 4.78 is 5.00. The zero-order valence-electron chi connectivity index (χ0n) is 10.4. The molecule has 1 unspecified atom stereocenters. The lowest BCUT2D eigenvalue weighted by molar-refractivity contribution is -0.123. The van der Waals surface area contributed by atoms with Crippen LogP contribution in [-0.4, -0.2) is 75.0 Å². The van der Waals surface area contributed by atoms with Gasteiger partial charge >= 0.3 is 0 Å². The second-order valence-electron chi connectivity index (χ2n) is 4.26. The molecule has 0 aliphatic carbocycles. The van der Waals surface area contributed by atoms with Crippen LogP contribution in [0.3, 0.4) is 0 Å². The second kappa shape index (κ2) is 8.41. The summed E-state index contributed by atoms with van der Waals surface area (Å²) >= 11 is 0. The molecule has 1 aliphatic rings. The molecular weight excluding hydrogens is 222 g/mol. The van der Waals surface area contributed by atoms with Crippen molar-refractivity contribution in [2.45, 2.75) is 12.5 Å². The third-order valence-electron chi connectivity index (χ3n) is 2.79. The van der Waals surface area contributed by atoms with E-state index < -0.39 is 0 Å². The first-order valence-electron chi connectivity index (χ1n) is 6.08. The van der Waals surface area contributed by atoms with Crippen LogP contribution in [0.4, 0.5) is 0 Å². The van der Waals surface area contributed by atoms with Gasteiger partial charge in [0.25, 0.3) is 0 Å². The minimum atomic E-state index is -0.0968. The van der Waals surface area contributed by atoms with Crippen molar-refractivity contribution in [1.82, 2.24) is 15.5 Å². The van der Waals surface area contributed by atoms with Gasteiger partial charge in [-0.2, -0.15) is 0 Å². The number of carbonyl (C=O) groups is 1. The minimum Gasteiger partial charge on any atom is -0.396 e. The summed E-state index contributed by atoms with van der Waals surface area (Å²) in [5, 5.41) is 15.0. The number of ether oxygens (including phenoxy) is 1. The molecule has 0 saturated carbocycles. The third-order valence-corrected chi connectivity index (χ3v) is 2.79. The lowest BCUT2D eigenvalue weighted by atomic mass is 10.2. The molecule has 0 aromatic rings. The molecular formula is C11H23N3O3. The molecule has 0 bridgehead atoms. The van der Waals surface area contributed by atoms with E-state index >= 15 is 0 Å². The quantitative estimate of drug-likeness (QED) is 0.504. The number of hydrogen-bond donors (Lipinski definition) is 3. The van der Waals surface area contributed by atoms with Gasteiger partial charge in [0.05, 0.1) is 19.2 Å². The van der Waals surface area contributed by atoms with Crippen molar-refractivity contribution in [2.24, 2.45) is 0 Å². The Morgan fingerprint density at radius 1 is 1.53 bits per heavy atom. The highest BCUT2D eigenvalue weighted by Gasteiger charge is 2.16. The number of piperazine rings is 1. The number of amides is 1. The number of aliphatic hydroxyl groups is 1. The van der Waals surface area contributed by atoms with Crippen LogP contribution in [0.1, 0.15) is 6.42 Å². The zero-order valence-corrected chi connectivity index (χ0v) is 10.4. The van der Waals surface area contributed by atoms with Gasteiger partial charge in [-0.1, -0.05) is 0 Å². The first-order chi connectivity index (χ1) is 8.26. The maximum atomic E-state index is 11.8. The normalized spacial score (nSPS) is 18.9. The van der Waals surface area contributed by atoms with Gasteiger partial charge in [-0.05, 0) is 6.42 Å². The number of nitrogens with one attached hydrogen (secondary N) is 2. The van der Waals surface area contributed by atoms with Gasteiger partial charge < -0.3 is 20.5 Å². The Bertz CT molecular complexity index is 214. The average Bonchev–Trinajstić information content (AvgIpc) is 2.30. The average molecular weight is 245 g/mol. The molecule has 0 aromatic carbocycles. The Morgan fingerprint density at radius 3 is 2.82 bits per heavy atom. The lowest BCUT2D eigenvalue weighted by Gasteiger charge is -2.27. The standard InChI is InChI=1S/C11H23N3O3/c1-17-9-10(2-7-15)13-11(16)8-14-5-3-12-4-6-14/h10,12,15H,2-9H2,1H3,(H,13,16). The van der Waals surface area contributed by atoms with Crippen LogP contribution in [-0.2, 0) is 9.53 Å². The maximum Gasteiger partial charge on any atom is 0.234 e. The third kappa shape index (κ3) is 5.97. The molecule has 0 radical (unpaired) electrons. The number of nitrogens with zero attached hydrogens (tertiary/aromatic N) is 1. The lowest BCUT2D eigenvalue weighted by Crippen LogP contribution is -2.49. The molecule has 1 heterocycles. The van der Waals surface area contributed by atoms with Crippen molar-refractivity contribution < 1.29 is 14.6 Å². The van der Waals surface area contributed by atoms with Gasteiger partial charge in [-0.15, -0.1) is 0 Å². The number of aliphatic hydroxyl groups excluding tert-OH is 1. The van der Waals surface area contributed by atoms with E-state index in [0.717, 1.165) is 26.2 Å². The Kier molecular flexibility index (Phi) is 7.11. The molecule has 1 fully saturated rings.